The number of carbonyl (C=O) groups is 3. The van der Waals surface area contributed by atoms with Crippen LogP contribution in [-0.4, -0.2) is 37.2 Å². The summed E-state index contributed by atoms with van der Waals surface area (Å²) in [6.07, 6.45) is 2.03. The molecule has 6 nitrogen and oxygen atoms in total. The van der Waals surface area contributed by atoms with E-state index in [1.807, 2.05) is 20.8 Å². The van der Waals surface area contributed by atoms with Crippen LogP contribution in [0.4, 0.5) is 0 Å². The van der Waals surface area contributed by atoms with Gasteiger partial charge in [-0.3, -0.25) is 14.4 Å². The third kappa shape index (κ3) is 5.84. The lowest BCUT2D eigenvalue weighted by molar-refractivity contribution is -0.174. The van der Waals surface area contributed by atoms with E-state index >= 15 is 0 Å². The second-order valence-corrected chi connectivity index (χ2v) is 6.11. The van der Waals surface area contributed by atoms with Crippen LogP contribution in [0, 0.1) is 11.8 Å². The van der Waals surface area contributed by atoms with Gasteiger partial charge in [-0.2, -0.15) is 0 Å². The molecule has 1 aliphatic rings. The molecule has 0 heterocycles. The first kappa shape index (κ1) is 19.5. The molecule has 0 amide bonds. The highest BCUT2D eigenvalue weighted by atomic mass is 16.6. The molecule has 0 saturated heterocycles. The molecule has 0 radical (unpaired) electrons. The second-order valence-electron chi connectivity index (χ2n) is 6.11. The highest BCUT2D eigenvalue weighted by Gasteiger charge is 2.42. The minimum atomic E-state index is -0.439. The van der Waals surface area contributed by atoms with Gasteiger partial charge in [0.05, 0.1) is 13.0 Å². The van der Waals surface area contributed by atoms with E-state index in [1.165, 1.54) is 7.11 Å². The lowest BCUT2D eigenvalue weighted by Gasteiger charge is -2.38. The molecule has 4 atom stereocenters. The van der Waals surface area contributed by atoms with Gasteiger partial charge >= 0.3 is 17.9 Å². The number of hydrogen-bond donors (Lipinski definition) is 0. The Morgan fingerprint density at radius 2 is 1.35 bits per heavy atom. The molecule has 1 rings (SSSR count). The van der Waals surface area contributed by atoms with Gasteiger partial charge in [0.1, 0.15) is 12.2 Å². The fourth-order valence-corrected chi connectivity index (χ4v) is 2.86. The van der Waals surface area contributed by atoms with Gasteiger partial charge < -0.3 is 14.2 Å². The summed E-state index contributed by atoms with van der Waals surface area (Å²) in [6, 6.07) is 0. The van der Waals surface area contributed by atoms with E-state index in [0.29, 0.717) is 38.5 Å². The second kappa shape index (κ2) is 9.53. The van der Waals surface area contributed by atoms with Gasteiger partial charge in [0.25, 0.3) is 0 Å². The predicted molar refractivity (Wildman–Crippen MR) is 83.5 cm³/mol. The van der Waals surface area contributed by atoms with Crippen molar-refractivity contribution < 1.29 is 28.6 Å². The summed E-state index contributed by atoms with van der Waals surface area (Å²) in [4.78, 5) is 35.5. The average molecular weight is 328 g/mol. The molecule has 2 unspecified atom stereocenters. The maximum absolute atomic E-state index is 11.9. The molecule has 1 fully saturated rings. The van der Waals surface area contributed by atoms with Crippen LogP contribution in [0.15, 0.2) is 0 Å². The number of hydrogen-bond acceptors (Lipinski definition) is 6. The summed E-state index contributed by atoms with van der Waals surface area (Å²) in [6.45, 7) is 5.69. The van der Waals surface area contributed by atoms with Gasteiger partial charge in [-0.05, 0) is 25.7 Å². The minimum absolute atomic E-state index is 0.141. The molecule has 0 aromatic heterocycles. The zero-order chi connectivity index (χ0) is 17.4. The van der Waals surface area contributed by atoms with E-state index in [9.17, 15) is 14.4 Å². The van der Waals surface area contributed by atoms with Crippen molar-refractivity contribution in [1.82, 2.24) is 0 Å². The molecule has 0 aromatic carbocycles. The zero-order valence-corrected chi connectivity index (χ0v) is 14.5. The Labute approximate surface area is 137 Å². The van der Waals surface area contributed by atoms with E-state index in [4.69, 9.17) is 14.2 Å². The van der Waals surface area contributed by atoms with E-state index in [0.717, 1.165) is 0 Å². The van der Waals surface area contributed by atoms with Crippen LogP contribution >= 0.6 is 0 Å². The van der Waals surface area contributed by atoms with Crippen LogP contribution < -0.4 is 0 Å². The van der Waals surface area contributed by atoms with E-state index in [1.54, 1.807) is 0 Å². The lowest BCUT2D eigenvalue weighted by atomic mass is 9.78. The summed E-state index contributed by atoms with van der Waals surface area (Å²) < 4.78 is 15.8. The molecule has 0 bridgehead atoms. The van der Waals surface area contributed by atoms with Crippen molar-refractivity contribution in [3.8, 4) is 0 Å². The molecule has 0 spiro atoms. The number of esters is 3. The fraction of sp³-hybridized carbons (Fsp3) is 0.824. The normalized spacial score (nSPS) is 27.1. The highest BCUT2D eigenvalue weighted by Crippen LogP contribution is 2.34. The quantitative estimate of drug-likeness (QED) is 0.528. The number of carbonyl (C=O) groups excluding carboxylic acids is 3. The van der Waals surface area contributed by atoms with Gasteiger partial charge in [0.15, 0.2) is 0 Å². The van der Waals surface area contributed by atoms with Crippen LogP contribution in [0.1, 0.15) is 59.3 Å². The average Bonchev–Trinajstić information content (AvgIpc) is 2.50. The largest absolute Gasteiger partial charge is 0.469 e. The number of methoxy groups -OCH3 is 1. The molecule has 1 saturated carbocycles. The van der Waals surface area contributed by atoms with Crippen molar-refractivity contribution in [1.29, 1.82) is 0 Å². The Morgan fingerprint density at radius 3 is 1.70 bits per heavy atom. The third-order valence-electron chi connectivity index (χ3n) is 4.21. The van der Waals surface area contributed by atoms with Crippen LogP contribution in [0.5, 0.6) is 0 Å². The summed E-state index contributed by atoms with van der Waals surface area (Å²) in [5.41, 5.74) is 0. The molecule has 0 aromatic rings. The molecule has 23 heavy (non-hydrogen) atoms. The molecular weight excluding hydrogens is 300 g/mol. The fourth-order valence-electron chi connectivity index (χ4n) is 2.86. The van der Waals surface area contributed by atoms with Crippen molar-refractivity contribution in [3.63, 3.8) is 0 Å². The van der Waals surface area contributed by atoms with E-state index < -0.39 is 18.1 Å². The van der Waals surface area contributed by atoms with Gasteiger partial charge in [0.2, 0.25) is 0 Å². The van der Waals surface area contributed by atoms with Crippen LogP contribution in [0.2, 0.25) is 0 Å². The molecular formula is C17H28O6. The first-order valence-electron chi connectivity index (χ1n) is 8.39. The maximum Gasteiger partial charge on any atom is 0.308 e. The predicted octanol–water partition coefficient (Wildman–Crippen LogP) is 2.63. The Bertz CT molecular complexity index is 389. The molecule has 0 aliphatic heterocycles. The zero-order valence-electron chi connectivity index (χ0n) is 14.5. The summed E-state index contributed by atoms with van der Waals surface area (Å²) in [5.74, 6) is -1.49. The summed E-state index contributed by atoms with van der Waals surface area (Å²) >= 11 is 0. The monoisotopic (exact) mass is 328 g/mol. The molecule has 132 valence electrons. The summed E-state index contributed by atoms with van der Waals surface area (Å²) in [7, 11) is 1.33. The maximum atomic E-state index is 11.9. The molecule has 1 aliphatic carbocycles. The number of rotatable bonds is 7. The lowest BCUT2D eigenvalue weighted by Crippen LogP contribution is -2.45. The van der Waals surface area contributed by atoms with Gasteiger partial charge in [-0.1, -0.05) is 20.8 Å². The molecule has 0 N–H and O–H groups in total. The van der Waals surface area contributed by atoms with Crippen LogP contribution in [0.25, 0.3) is 0 Å². The van der Waals surface area contributed by atoms with Crippen molar-refractivity contribution in [2.45, 2.75) is 71.5 Å². The Kier molecular flexibility index (Phi) is 8.06. The highest BCUT2D eigenvalue weighted by molar-refractivity contribution is 5.73. The number of ether oxygens (including phenoxy) is 3. The first-order chi connectivity index (χ1) is 10.9. The summed E-state index contributed by atoms with van der Waals surface area (Å²) in [5, 5.41) is 0. The Morgan fingerprint density at radius 1 is 0.913 bits per heavy atom. The molecule has 6 heteroatoms. The van der Waals surface area contributed by atoms with Crippen molar-refractivity contribution in [3.05, 3.63) is 0 Å². The topological polar surface area (TPSA) is 78.9 Å². The van der Waals surface area contributed by atoms with E-state index in [-0.39, 0.29) is 23.8 Å². The first-order valence-corrected chi connectivity index (χ1v) is 8.39. The van der Waals surface area contributed by atoms with Crippen LogP contribution in [0.3, 0.4) is 0 Å². The van der Waals surface area contributed by atoms with Crippen molar-refractivity contribution in [2.24, 2.45) is 11.8 Å². The smallest absolute Gasteiger partial charge is 0.308 e. The standard InChI is InChI=1S/C17H28O6/c1-5-7-15(18)22-13-9-12(17(20)21-4)10-14(11(13)3)23-16(19)8-6-2/h11-14H,5-10H2,1-4H3/t11?,12?,13-,14+. The van der Waals surface area contributed by atoms with Gasteiger partial charge in [-0.25, -0.2) is 0 Å². The van der Waals surface area contributed by atoms with Crippen LogP contribution in [-0.2, 0) is 28.6 Å². The minimum Gasteiger partial charge on any atom is -0.469 e. The van der Waals surface area contributed by atoms with E-state index in [2.05, 4.69) is 0 Å². The van der Waals surface area contributed by atoms with Gasteiger partial charge in [-0.15, -0.1) is 0 Å². The van der Waals surface area contributed by atoms with Crippen molar-refractivity contribution >= 4 is 17.9 Å². The van der Waals surface area contributed by atoms with Crippen molar-refractivity contribution in [2.75, 3.05) is 7.11 Å². The van der Waals surface area contributed by atoms with Gasteiger partial charge in [0, 0.05) is 18.8 Å². The third-order valence-corrected chi connectivity index (χ3v) is 4.21. The SMILES string of the molecule is CCCC(=O)O[C@H]1CC(C(=O)OC)C[C@@H](OC(=O)CCC)C1C. The Hall–Kier alpha value is -1.59. The Balaban J connectivity index is 2.80.